The summed E-state index contributed by atoms with van der Waals surface area (Å²) in [5.41, 5.74) is 0.368. The van der Waals surface area contributed by atoms with Crippen molar-refractivity contribution in [2.75, 3.05) is 7.11 Å². The number of H-pyrrole nitrogens is 1. The summed E-state index contributed by atoms with van der Waals surface area (Å²) < 4.78 is 4.42. The Kier molecular flexibility index (Phi) is 1.97. The van der Waals surface area contributed by atoms with Crippen molar-refractivity contribution in [2.24, 2.45) is 0 Å². The van der Waals surface area contributed by atoms with Crippen LogP contribution in [0.4, 0.5) is 0 Å². The van der Waals surface area contributed by atoms with E-state index in [4.69, 9.17) is 11.6 Å². The number of hydrogen-bond acceptors (Lipinski definition) is 2. The first kappa shape index (κ1) is 7.15. The fourth-order valence-corrected chi connectivity index (χ4v) is 0.759. The first-order chi connectivity index (χ1) is 4.74. The first-order valence-corrected chi connectivity index (χ1v) is 3.04. The second-order valence-electron chi connectivity index (χ2n) is 1.72. The van der Waals surface area contributed by atoms with Crippen molar-refractivity contribution in [3.8, 4) is 0 Å². The lowest BCUT2D eigenvalue weighted by molar-refractivity contribution is 0.0595. The molecule has 0 aromatic carbocycles. The maximum Gasteiger partial charge on any atom is 0.354 e. The predicted octanol–water partition coefficient (Wildman–Crippen LogP) is 1.45. The van der Waals surface area contributed by atoms with Crippen molar-refractivity contribution in [3.05, 3.63) is 23.0 Å². The van der Waals surface area contributed by atoms with E-state index in [1.807, 2.05) is 0 Å². The van der Waals surface area contributed by atoms with Crippen LogP contribution in [-0.4, -0.2) is 18.1 Å². The number of aromatic amines is 1. The van der Waals surface area contributed by atoms with E-state index in [-0.39, 0.29) is 0 Å². The molecular formula is C6H6ClNO2. The lowest BCUT2D eigenvalue weighted by atomic mass is 10.4. The quantitative estimate of drug-likeness (QED) is 0.631. The molecule has 0 aliphatic rings. The molecule has 0 aliphatic heterocycles. The molecule has 0 aliphatic carbocycles. The maximum absolute atomic E-state index is 10.7. The highest BCUT2D eigenvalue weighted by Crippen LogP contribution is 2.09. The van der Waals surface area contributed by atoms with Gasteiger partial charge in [0, 0.05) is 6.20 Å². The van der Waals surface area contributed by atoms with Gasteiger partial charge in [0.05, 0.1) is 12.1 Å². The van der Waals surface area contributed by atoms with Crippen LogP contribution < -0.4 is 0 Å². The van der Waals surface area contributed by atoms with Crippen LogP contribution in [0.5, 0.6) is 0 Å². The smallest absolute Gasteiger partial charge is 0.354 e. The molecule has 54 valence electrons. The number of hydrogen-bond donors (Lipinski definition) is 1. The minimum Gasteiger partial charge on any atom is -0.464 e. The normalized spacial score (nSPS) is 9.40. The summed E-state index contributed by atoms with van der Waals surface area (Å²) in [7, 11) is 1.32. The Balaban J connectivity index is 2.85. The van der Waals surface area contributed by atoms with Crippen LogP contribution >= 0.6 is 11.6 Å². The zero-order valence-corrected chi connectivity index (χ0v) is 6.11. The molecule has 1 rings (SSSR count). The molecule has 0 saturated carbocycles. The van der Waals surface area contributed by atoms with Gasteiger partial charge in [-0.15, -0.1) is 0 Å². The molecule has 1 aromatic heterocycles. The van der Waals surface area contributed by atoms with Gasteiger partial charge in [0.15, 0.2) is 0 Å². The van der Waals surface area contributed by atoms with Crippen LogP contribution in [0, 0.1) is 0 Å². The summed E-state index contributed by atoms with van der Waals surface area (Å²) in [5, 5.41) is 0.500. The summed E-state index contributed by atoms with van der Waals surface area (Å²) in [4.78, 5) is 13.4. The average molecular weight is 160 g/mol. The lowest BCUT2D eigenvalue weighted by Gasteiger charge is -1.91. The van der Waals surface area contributed by atoms with Gasteiger partial charge in [0.1, 0.15) is 5.69 Å². The third-order valence-electron chi connectivity index (χ3n) is 1.05. The van der Waals surface area contributed by atoms with E-state index >= 15 is 0 Å². The van der Waals surface area contributed by atoms with Gasteiger partial charge in [0.2, 0.25) is 0 Å². The van der Waals surface area contributed by atoms with Crippen molar-refractivity contribution in [1.82, 2.24) is 4.98 Å². The van der Waals surface area contributed by atoms with Crippen LogP contribution in [-0.2, 0) is 4.74 Å². The van der Waals surface area contributed by atoms with Crippen LogP contribution in [0.25, 0.3) is 0 Å². The number of esters is 1. The summed E-state index contributed by atoms with van der Waals surface area (Å²) >= 11 is 5.52. The third-order valence-corrected chi connectivity index (χ3v) is 1.27. The van der Waals surface area contributed by atoms with E-state index in [0.717, 1.165) is 0 Å². The van der Waals surface area contributed by atoms with Crippen molar-refractivity contribution in [3.63, 3.8) is 0 Å². The highest BCUT2D eigenvalue weighted by Gasteiger charge is 2.05. The van der Waals surface area contributed by atoms with Gasteiger partial charge in [-0.3, -0.25) is 0 Å². The van der Waals surface area contributed by atoms with Crippen LogP contribution in [0.3, 0.4) is 0 Å². The van der Waals surface area contributed by atoms with Gasteiger partial charge in [-0.1, -0.05) is 11.6 Å². The molecule has 0 amide bonds. The molecule has 10 heavy (non-hydrogen) atoms. The van der Waals surface area contributed by atoms with E-state index in [1.165, 1.54) is 19.4 Å². The molecule has 3 nitrogen and oxygen atoms in total. The number of carbonyl (C=O) groups excluding carboxylic acids is 1. The Morgan fingerprint density at radius 2 is 2.50 bits per heavy atom. The van der Waals surface area contributed by atoms with Crippen molar-refractivity contribution in [1.29, 1.82) is 0 Å². The van der Waals surface area contributed by atoms with Crippen molar-refractivity contribution < 1.29 is 9.53 Å². The molecular weight excluding hydrogens is 154 g/mol. The van der Waals surface area contributed by atoms with Gasteiger partial charge < -0.3 is 9.72 Å². The number of methoxy groups -OCH3 is 1. The molecule has 0 fully saturated rings. The first-order valence-electron chi connectivity index (χ1n) is 2.66. The lowest BCUT2D eigenvalue weighted by Crippen LogP contribution is -2.00. The predicted molar refractivity (Wildman–Crippen MR) is 37.1 cm³/mol. The zero-order chi connectivity index (χ0) is 7.56. The molecule has 0 radical (unpaired) electrons. The number of aromatic nitrogens is 1. The number of halogens is 1. The minimum absolute atomic E-state index is 0.368. The van der Waals surface area contributed by atoms with E-state index < -0.39 is 5.97 Å². The molecule has 1 heterocycles. The largest absolute Gasteiger partial charge is 0.464 e. The van der Waals surface area contributed by atoms with E-state index in [0.29, 0.717) is 10.7 Å². The Morgan fingerprint density at radius 3 is 2.90 bits per heavy atom. The molecule has 1 aromatic rings. The molecule has 0 unspecified atom stereocenters. The van der Waals surface area contributed by atoms with Crippen molar-refractivity contribution in [2.45, 2.75) is 0 Å². The number of nitrogens with one attached hydrogen (secondary N) is 1. The van der Waals surface area contributed by atoms with Crippen LogP contribution in [0.15, 0.2) is 12.3 Å². The molecule has 1 N–H and O–H groups in total. The van der Waals surface area contributed by atoms with Gasteiger partial charge in [-0.25, -0.2) is 4.79 Å². The Bertz CT molecular complexity index is 244. The van der Waals surface area contributed by atoms with E-state index in [9.17, 15) is 4.79 Å². The summed E-state index contributed by atoms with van der Waals surface area (Å²) in [6, 6.07) is 1.51. The molecule has 0 bridgehead atoms. The van der Waals surface area contributed by atoms with Gasteiger partial charge >= 0.3 is 5.97 Å². The minimum atomic E-state index is -0.410. The van der Waals surface area contributed by atoms with Crippen LogP contribution in [0.2, 0.25) is 5.02 Å². The molecule has 0 spiro atoms. The fourth-order valence-electron chi connectivity index (χ4n) is 0.596. The van der Waals surface area contributed by atoms with Gasteiger partial charge in [0.25, 0.3) is 0 Å². The Labute approximate surface area is 62.9 Å². The summed E-state index contributed by atoms with van der Waals surface area (Å²) in [6.07, 6.45) is 1.52. The Morgan fingerprint density at radius 1 is 1.80 bits per heavy atom. The summed E-state index contributed by atoms with van der Waals surface area (Å²) in [5.74, 6) is -0.410. The molecule has 0 saturated heterocycles. The number of rotatable bonds is 1. The number of carbonyl (C=O) groups is 1. The van der Waals surface area contributed by atoms with Crippen molar-refractivity contribution >= 4 is 17.6 Å². The second-order valence-corrected chi connectivity index (χ2v) is 2.16. The third kappa shape index (κ3) is 1.30. The summed E-state index contributed by atoms with van der Waals surface area (Å²) in [6.45, 7) is 0. The topological polar surface area (TPSA) is 42.1 Å². The van der Waals surface area contributed by atoms with E-state index in [1.54, 1.807) is 0 Å². The second kappa shape index (κ2) is 2.75. The van der Waals surface area contributed by atoms with Crippen LogP contribution in [0.1, 0.15) is 10.5 Å². The zero-order valence-electron chi connectivity index (χ0n) is 5.35. The fraction of sp³-hybridized carbons (Fsp3) is 0.167. The molecule has 0 atom stereocenters. The monoisotopic (exact) mass is 159 g/mol. The van der Waals surface area contributed by atoms with Gasteiger partial charge in [-0.2, -0.15) is 0 Å². The highest BCUT2D eigenvalue weighted by atomic mass is 35.5. The standard InChI is InChI=1S/C6H6ClNO2/c1-10-6(9)5-2-4(7)3-8-5/h2-3,8H,1H3. The molecule has 4 heteroatoms. The highest BCUT2D eigenvalue weighted by molar-refractivity contribution is 6.30. The Hall–Kier alpha value is -0.960. The maximum atomic E-state index is 10.7. The SMILES string of the molecule is COC(=O)c1cc(Cl)c[nH]1. The van der Waals surface area contributed by atoms with Gasteiger partial charge in [-0.05, 0) is 6.07 Å². The van der Waals surface area contributed by atoms with E-state index in [2.05, 4.69) is 9.72 Å². The number of ether oxygens (including phenoxy) is 1. The average Bonchev–Trinajstić information content (AvgIpc) is 2.34.